The summed E-state index contributed by atoms with van der Waals surface area (Å²) in [6.07, 6.45) is 8.31. The Balaban J connectivity index is 1.58. The van der Waals surface area contributed by atoms with Crippen LogP contribution in [-0.2, 0) is 5.41 Å². The second kappa shape index (κ2) is 7.14. The largest absolute Gasteiger partial charge is 0.314 e. The van der Waals surface area contributed by atoms with Crippen LogP contribution < -0.4 is 10.6 Å². The number of nitrogens with one attached hydrogen (secondary N) is 2. The first-order valence-electron chi connectivity index (χ1n) is 9.19. The molecule has 1 aliphatic carbocycles. The maximum Gasteiger partial charge on any atom is 0.0110 e. The number of piperidine rings is 1. The van der Waals surface area contributed by atoms with Gasteiger partial charge in [0.15, 0.2) is 0 Å². The van der Waals surface area contributed by atoms with Crippen molar-refractivity contribution in [2.24, 2.45) is 5.92 Å². The molecular weight excluding hydrogens is 268 g/mol. The van der Waals surface area contributed by atoms with E-state index in [4.69, 9.17) is 0 Å². The third-order valence-electron chi connectivity index (χ3n) is 5.80. The molecule has 3 rings (SSSR count). The second-order valence-corrected chi connectivity index (χ2v) is 7.89. The average Bonchev–Trinajstić information content (AvgIpc) is 3.03. The van der Waals surface area contributed by atoms with Crippen LogP contribution in [-0.4, -0.2) is 25.2 Å². The van der Waals surface area contributed by atoms with Gasteiger partial charge in [-0.3, -0.25) is 0 Å². The molecule has 3 atom stereocenters. The fourth-order valence-electron chi connectivity index (χ4n) is 4.35. The van der Waals surface area contributed by atoms with Gasteiger partial charge in [-0.05, 0) is 43.7 Å². The number of hydrogen-bond acceptors (Lipinski definition) is 2. The van der Waals surface area contributed by atoms with E-state index >= 15 is 0 Å². The van der Waals surface area contributed by atoms with Crippen LogP contribution in [0.15, 0.2) is 30.3 Å². The van der Waals surface area contributed by atoms with E-state index < -0.39 is 0 Å². The van der Waals surface area contributed by atoms with Crippen molar-refractivity contribution < 1.29 is 0 Å². The number of hydrogen-bond donors (Lipinski definition) is 2. The van der Waals surface area contributed by atoms with Crippen molar-refractivity contribution >= 4 is 0 Å². The highest BCUT2D eigenvalue weighted by Gasteiger charge is 2.35. The van der Waals surface area contributed by atoms with Crippen molar-refractivity contribution in [3.05, 3.63) is 35.9 Å². The summed E-state index contributed by atoms with van der Waals surface area (Å²) in [5.41, 5.74) is 1.64. The molecule has 2 fully saturated rings. The van der Waals surface area contributed by atoms with Gasteiger partial charge >= 0.3 is 0 Å². The predicted octanol–water partition coefficient (Wildman–Crippen LogP) is 3.86. The molecule has 0 amide bonds. The molecule has 0 spiro atoms. The van der Waals surface area contributed by atoms with Gasteiger partial charge in [0, 0.05) is 24.0 Å². The van der Waals surface area contributed by atoms with Crippen LogP contribution in [0.25, 0.3) is 0 Å². The van der Waals surface area contributed by atoms with Gasteiger partial charge in [0.05, 0.1) is 0 Å². The van der Waals surface area contributed by atoms with E-state index in [0.717, 1.165) is 18.5 Å². The Morgan fingerprint density at radius 2 is 1.86 bits per heavy atom. The fraction of sp³-hybridized carbons (Fsp3) is 0.700. The topological polar surface area (TPSA) is 24.1 Å². The van der Waals surface area contributed by atoms with E-state index in [9.17, 15) is 0 Å². The minimum atomic E-state index is 0.203. The van der Waals surface area contributed by atoms with E-state index in [2.05, 4.69) is 54.8 Å². The Hall–Kier alpha value is -0.860. The molecule has 1 aromatic carbocycles. The molecule has 1 heterocycles. The Labute approximate surface area is 136 Å². The molecule has 1 aliphatic heterocycles. The molecule has 2 N–H and O–H groups in total. The van der Waals surface area contributed by atoms with Crippen molar-refractivity contribution in [3.63, 3.8) is 0 Å². The third-order valence-corrected chi connectivity index (χ3v) is 5.80. The lowest BCUT2D eigenvalue weighted by molar-refractivity contribution is 0.250. The van der Waals surface area contributed by atoms with E-state index in [-0.39, 0.29) is 5.41 Å². The zero-order chi connectivity index (χ0) is 15.4. The van der Waals surface area contributed by atoms with E-state index in [0.29, 0.717) is 6.04 Å². The monoisotopic (exact) mass is 300 g/mol. The zero-order valence-electron chi connectivity index (χ0n) is 14.3. The smallest absolute Gasteiger partial charge is 0.0110 e. The molecular formula is C20H32N2. The summed E-state index contributed by atoms with van der Waals surface area (Å²) in [7, 11) is 0. The van der Waals surface area contributed by atoms with Crippen LogP contribution in [0.4, 0.5) is 0 Å². The highest BCUT2D eigenvalue weighted by Crippen LogP contribution is 2.32. The summed E-state index contributed by atoms with van der Waals surface area (Å²) < 4.78 is 0. The van der Waals surface area contributed by atoms with Gasteiger partial charge in [0.1, 0.15) is 0 Å². The van der Waals surface area contributed by atoms with Crippen LogP contribution in [0.2, 0.25) is 0 Å². The lowest BCUT2D eigenvalue weighted by Crippen LogP contribution is -2.49. The van der Waals surface area contributed by atoms with E-state index in [1.165, 1.54) is 50.6 Å². The summed E-state index contributed by atoms with van der Waals surface area (Å²) in [5.74, 6) is 0.840. The SMILES string of the molecule is CC(C)(CNC1CCCC1C1CCCCN1)c1ccccc1. The summed E-state index contributed by atoms with van der Waals surface area (Å²) >= 11 is 0. The first-order chi connectivity index (χ1) is 10.7. The molecule has 2 heteroatoms. The minimum absolute atomic E-state index is 0.203. The maximum absolute atomic E-state index is 3.93. The van der Waals surface area contributed by atoms with Crippen LogP contribution in [0.5, 0.6) is 0 Å². The first-order valence-corrected chi connectivity index (χ1v) is 9.19. The molecule has 1 saturated heterocycles. The summed E-state index contributed by atoms with van der Waals surface area (Å²) in [5, 5.41) is 7.71. The average molecular weight is 300 g/mol. The fourth-order valence-corrected chi connectivity index (χ4v) is 4.35. The van der Waals surface area contributed by atoms with Crippen molar-refractivity contribution in [3.8, 4) is 0 Å². The van der Waals surface area contributed by atoms with Gasteiger partial charge in [-0.25, -0.2) is 0 Å². The highest BCUT2D eigenvalue weighted by molar-refractivity contribution is 5.24. The van der Waals surface area contributed by atoms with Gasteiger partial charge in [-0.15, -0.1) is 0 Å². The maximum atomic E-state index is 3.93. The van der Waals surface area contributed by atoms with Crippen molar-refractivity contribution in [1.82, 2.24) is 10.6 Å². The van der Waals surface area contributed by atoms with Crippen molar-refractivity contribution in [2.75, 3.05) is 13.1 Å². The Bertz CT molecular complexity index is 448. The highest BCUT2D eigenvalue weighted by atomic mass is 15.0. The Morgan fingerprint density at radius 3 is 2.59 bits per heavy atom. The van der Waals surface area contributed by atoms with Gasteiger partial charge in [0.2, 0.25) is 0 Å². The molecule has 0 radical (unpaired) electrons. The molecule has 1 saturated carbocycles. The minimum Gasteiger partial charge on any atom is -0.314 e. The van der Waals surface area contributed by atoms with E-state index in [1.807, 2.05) is 0 Å². The van der Waals surface area contributed by atoms with Gasteiger partial charge in [-0.1, -0.05) is 57.0 Å². The molecule has 2 aliphatic rings. The molecule has 122 valence electrons. The predicted molar refractivity (Wildman–Crippen MR) is 94.2 cm³/mol. The number of rotatable bonds is 5. The summed E-state index contributed by atoms with van der Waals surface area (Å²) in [6, 6.07) is 12.4. The van der Waals surface area contributed by atoms with E-state index in [1.54, 1.807) is 0 Å². The molecule has 1 aromatic rings. The standard InChI is InChI=1S/C20H32N2/c1-20(2,16-9-4-3-5-10-16)15-22-19-13-8-11-17(19)18-12-6-7-14-21-18/h3-5,9-10,17-19,21-22H,6-8,11-15H2,1-2H3. The van der Waals surface area contributed by atoms with Crippen LogP contribution in [0, 0.1) is 5.92 Å². The molecule has 3 unspecified atom stereocenters. The van der Waals surface area contributed by atoms with Crippen LogP contribution >= 0.6 is 0 Å². The molecule has 0 bridgehead atoms. The lowest BCUT2D eigenvalue weighted by atomic mass is 9.83. The summed E-state index contributed by atoms with van der Waals surface area (Å²) in [4.78, 5) is 0. The Morgan fingerprint density at radius 1 is 1.05 bits per heavy atom. The molecule has 0 aromatic heterocycles. The summed E-state index contributed by atoms with van der Waals surface area (Å²) in [6.45, 7) is 7.02. The third kappa shape index (κ3) is 3.72. The normalized spacial score (nSPS) is 29.6. The quantitative estimate of drug-likeness (QED) is 0.862. The second-order valence-electron chi connectivity index (χ2n) is 7.89. The molecule has 22 heavy (non-hydrogen) atoms. The lowest BCUT2D eigenvalue weighted by Gasteiger charge is -2.35. The van der Waals surface area contributed by atoms with Gasteiger partial charge in [0.25, 0.3) is 0 Å². The van der Waals surface area contributed by atoms with Crippen molar-refractivity contribution in [1.29, 1.82) is 0 Å². The van der Waals surface area contributed by atoms with Crippen LogP contribution in [0.3, 0.4) is 0 Å². The van der Waals surface area contributed by atoms with Crippen molar-refractivity contribution in [2.45, 2.75) is 69.9 Å². The first kappa shape index (κ1) is 16.0. The Kier molecular flexibility index (Phi) is 5.20. The number of benzene rings is 1. The molecule has 2 nitrogen and oxygen atoms in total. The van der Waals surface area contributed by atoms with Crippen LogP contribution in [0.1, 0.15) is 57.9 Å². The van der Waals surface area contributed by atoms with Gasteiger partial charge in [-0.2, -0.15) is 0 Å². The zero-order valence-corrected chi connectivity index (χ0v) is 14.3. The van der Waals surface area contributed by atoms with Gasteiger partial charge < -0.3 is 10.6 Å².